The quantitative estimate of drug-likeness (QED) is 0.800. The van der Waals surface area contributed by atoms with E-state index in [1.54, 1.807) is 24.3 Å². The predicted octanol–water partition coefficient (Wildman–Crippen LogP) is 3.47. The number of benzene rings is 2. The molecule has 3 rings (SSSR count). The molecular formula is C17H11N3O2. The van der Waals surface area contributed by atoms with E-state index < -0.39 is 5.91 Å². The largest absolute Gasteiger partial charge is 0.438 e. The van der Waals surface area contributed by atoms with Crippen LogP contribution in [0.25, 0.3) is 11.3 Å². The minimum atomic E-state index is -0.411. The number of amides is 1. The number of nitriles is 1. The second-order valence-electron chi connectivity index (χ2n) is 4.54. The Balaban J connectivity index is 1.88. The Kier molecular flexibility index (Phi) is 3.67. The van der Waals surface area contributed by atoms with Crippen molar-refractivity contribution < 1.29 is 9.21 Å². The van der Waals surface area contributed by atoms with Crippen LogP contribution in [0.1, 0.15) is 16.1 Å². The molecule has 0 fully saturated rings. The van der Waals surface area contributed by atoms with Gasteiger partial charge >= 0.3 is 0 Å². The molecule has 0 aliphatic rings. The predicted molar refractivity (Wildman–Crippen MR) is 81.0 cm³/mol. The van der Waals surface area contributed by atoms with Gasteiger partial charge in [0.2, 0.25) is 5.76 Å². The van der Waals surface area contributed by atoms with E-state index in [1.165, 1.54) is 6.39 Å². The number of hydrogen-bond donors (Lipinski definition) is 1. The Morgan fingerprint density at radius 2 is 1.95 bits per heavy atom. The number of rotatable bonds is 3. The highest BCUT2D eigenvalue weighted by molar-refractivity contribution is 6.05. The van der Waals surface area contributed by atoms with Crippen molar-refractivity contribution in [1.82, 2.24) is 4.98 Å². The van der Waals surface area contributed by atoms with Gasteiger partial charge in [0.25, 0.3) is 5.91 Å². The lowest BCUT2D eigenvalue weighted by atomic mass is 10.1. The van der Waals surface area contributed by atoms with E-state index in [1.807, 2.05) is 36.4 Å². The second kappa shape index (κ2) is 5.94. The zero-order chi connectivity index (χ0) is 15.4. The Hall–Kier alpha value is -3.39. The van der Waals surface area contributed by atoms with Crippen molar-refractivity contribution in [3.63, 3.8) is 0 Å². The third-order valence-corrected chi connectivity index (χ3v) is 3.07. The molecule has 0 bridgehead atoms. The molecule has 1 heterocycles. The number of nitrogens with one attached hydrogen (secondary N) is 1. The van der Waals surface area contributed by atoms with Crippen LogP contribution in [0.4, 0.5) is 5.69 Å². The summed E-state index contributed by atoms with van der Waals surface area (Å²) in [7, 11) is 0. The molecule has 2 aromatic carbocycles. The van der Waals surface area contributed by atoms with Crippen molar-refractivity contribution in [2.45, 2.75) is 0 Å². The van der Waals surface area contributed by atoms with Gasteiger partial charge in [-0.25, -0.2) is 4.98 Å². The number of anilines is 1. The van der Waals surface area contributed by atoms with Crippen LogP contribution in [0.15, 0.2) is 65.4 Å². The second-order valence-corrected chi connectivity index (χ2v) is 4.54. The zero-order valence-corrected chi connectivity index (χ0v) is 11.5. The molecule has 0 atom stereocenters. The summed E-state index contributed by atoms with van der Waals surface area (Å²) in [6, 6.07) is 18.0. The first-order chi connectivity index (χ1) is 10.8. The molecule has 106 valence electrons. The number of oxazole rings is 1. The fourth-order valence-corrected chi connectivity index (χ4v) is 2.06. The number of hydrogen-bond acceptors (Lipinski definition) is 4. The molecule has 0 aliphatic heterocycles. The first-order valence-electron chi connectivity index (χ1n) is 6.58. The molecule has 0 spiro atoms. The van der Waals surface area contributed by atoms with Gasteiger partial charge in [-0.15, -0.1) is 0 Å². The number of nitrogens with zero attached hydrogens (tertiary/aromatic N) is 2. The highest BCUT2D eigenvalue weighted by Gasteiger charge is 2.18. The SMILES string of the molecule is N#Cc1cccc(NC(=O)c2ocnc2-c2ccccc2)c1. The van der Waals surface area contributed by atoms with Crippen molar-refractivity contribution in [3.05, 3.63) is 72.3 Å². The maximum atomic E-state index is 12.3. The van der Waals surface area contributed by atoms with Gasteiger partial charge in [0.15, 0.2) is 6.39 Å². The Morgan fingerprint density at radius 3 is 2.73 bits per heavy atom. The van der Waals surface area contributed by atoms with Crippen LogP contribution < -0.4 is 5.32 Å². The van der Waals surface area contributed by atoms with Gasteiger partial charge in [0.1, 0.15) is 5.69 Å². The lowest BCUT2D eigenvalue weighted by Gasteiger charge is -2.04. The van der Waals surface area contributed by atoms with E-state index in [2.05, 4.69) is 10.3 Å². The Morgan fingerprint density at radius 1 is 1.14 bits per heavy atom. The Labute approximate surface area is 126 Å². The van der Waals surface area contributed by atoms with Gasteiger partial charge in [-0.3, -0.25) is 4.79 Å². The highest BCUT2D eigenvalue weighted by Crippen LogP contribution is 2.22. The molecule has 0 saturated heterocycles. The van der Waals surface area contributed by atoms with Crippen LogP contribution in [0.2, 0.25) is 0 Å². The standard InChI is InChI=1S/C17H11N3O2/c18-10-12-5-4-8-14(9-12)20-17(21)16-15(19-11-22-16)13-6-2-1-3-7-13/h1-9,11H,(H,20,21). The third-order valence-electron chi connectivity index (χ3n) is 3.07. The van der Waals surface area contributed by atoms with Crippen molar-refractivity contribution in [1.29, 1.82) is 5.26 Å². The Bertz CT molecular complexity index is 848. The van der Waals surface area contributed by atoms with Crippen molar-refractivity contribution in [3.8, 4) is 17.3 Å². The number of carbonyl (C=O) groups is 1. The molecule has 22 heavy (non-hydrogen) atoms. The summed E-state index contributed by atoms with van der Waals surface area (Å²) >= 11 is 0. The van der Waals surface area contributed by atoms with Gasteiger partial charge in [0.05, 0.1) is 11.6 Å². The highest BCUT2D eigenvalue weighted by atomic mass is 16.3. The van der Waals surface area contributed by atoms with Crippen LogP contribution in [-0.4, -0.2) is 10.9 Å². The fourth-order valence-electron chi connectivity index (χ4n) is 2.06. The summed E-state index contributed by atoms with van der Waals surface area (Å²) in [6.07, 6.45) is 1.24. The van der Waals surface area contributed by atoms with Gasteiger partial charge in [-0.2, -0.15) is 5.26 Å². The van der Waals surface area contributed by atoms with E-state index in [9.17, 15) is 4.79 Å². The zero-order valence-electron chi connectivity index (χ0n) is 11.5. The van der Waals surface area contributed by atoms with Crippen molar-refractivity contribution in [2.75, 3.05) is 5.32 Å². The lowest BCUT2D eigenvalue weighted by molar-refractivity contribution is 0.0997. The molecule has 3 aromatic rings. The van der Waals surface area contributed by atoms with Gasteiger partial charge in [0, 0.05) is 11.3 Å². The van der Waals surface area contributed by atoms with Crippen LogP contribution in [0, 0.1) is 11.3 Å². The summed E-state index contributed by atoms with van der Waals surface area (Å²) in [5.74, 6) is -0.278. The monoisotopic (exact) mass is 289 g/mol. The summed E-state index contributed by atoms with van der Waals surface area (Å²) in [6.45, 7) is 0. The molecule has 1 N–H and O–H groups in total. The third kappa shape index (κ3) is 2.72. The first-order valence-corrected chi connectivity index (χ1v) is 6.58. The summed E-state index contributed by atoms with van der Waals surface area (Å²) in [5.41, 5.74) is 2.28. The average molecular weight is 289 g/mol. The number of carbonyl (C=O) groups excluding carboxylic acids is 1. The molecule has 0 radical (unpaired) electrons. The molecule has 0 saturated carbocycles. The molecule has 1 aromatic heterocycles. The van der Waals surface area contributed by atoms with Gasteiger partial charge < -0.3 is 9.73 Å². The van der Waals surface area contributed by atoms with Crippen molar-refractivity contribution >= 4 is 11.6 Å². The fraction of sp³-hybridized carbons (Fsp3) is 0. The van der Waals surface area contributed by atoms with E-state index in [4.69, 9.17) is 9.68 Å². The smallest absolute Gasteiger partial charge is 0.293 e. The van der Waals surface area contributed by atoms with Crippen LogP contribution in [0.3, 0.4) is 0 Å². The molecular weight excluding hydrogens is 278 g/mol. The normalized spacial score (nSPS) is 9.95. The average Bonchev–Trinajstić information content (AvgIpc) is 3.05. The summed E-state index contributed by atoms with van der Waals surface area (Å²) in [4.78, 5) is 16.4. The van der Waals surface area contributed by atoms with Crippen LogP contribution in [-0.2, 0) is 0 Å². The first kappa shape index (κ1) is 13.6. The van der Waals surface area contributed by atoms with Crippen molar-refractivity contribution in [2.24, 2.45) is 0 Å². The number of aromatic nitrogens is 1. The minimum Gasteiger partial charge on any atom is -0.438 e. The summed E-state index contributed by atoms with van der Waals surface area (Å²) in [5, 5.41) is 11.6. The molecule has 0 unspecified atom stereocenters. The summed E-state index contributed by atoms with van der Waals surface area (Å²) < 4.78 is 5.22. The molecule has 5 heteroatoms. The molecule has 5 nitrogen and oxygen atoms in total. The van der Waals surface area contributed by atoms with Gasteiger partial charge in [-0.1, -0.05) is 36.4 Å². The molecule has 0 aliphatic carbocycles. The maximum Gasteiger partial charge on any atom is 0.293 e. The van der Waals surface area contributed by atoms with E-state index in [-0.39, 0.29) is 5.76 Å². The van der Waals surface area contributed by atoms with Crippen LogP contribution in [0.5, 0.6) is 0 Å². The van der Waals surface area contributed by atoms with E-state index >= 15 is 0 Å². The minimum absolute atomic E-state index is 0.133. The van der Waals surface area contributed by atoms with E-state index in [0.29, 0.717) is 16.9 Å². The lowest BCUT2D eigenvalue weighted by Crippen LogP contribution is -2.12. The maximum absolute atomic E-state index is 12.3. The van der Waals surface area contributed by atoms with Gasteiger partial charge in [-0.05, 0) is 18.2 Å². The van der Waals surface area contributed by atoms with Crippen LogP contribution >= 0.6 is 0 Å². The van der Waals surface area contributed by atoms with E-state index in [0.717, 1.165) is 5.56 Å². The molecule has 1 amide bonds. The topological polar surface area (TPSA) is 78.9 Å².